The summed E-state index contributed by atoms with van der Waals surface area (Å²) < 4.78 is 9.87. The molecule has 0 aromatic heterocycles. The first-order valence-electron chi connectivity index (χ1n) is 8.02. The van der Waals surface area contributed by atoms with E-state index in [1.165, 1.54) is 25.1 Å². The van der Waals surface area contributed by atoms with E-state index in [9.17, 15) is 24.9 Å². The number of ketones is 1. The predicted molar refractivity (Wildman–Crippen MR) is 96.4 cm³/mol. The maximum atomic E-state index is 12.4. The van der Waals surface area contributed by atoms with E-state index in [0.29, 0.717) is 5.56 Å². The molecule has 0 aliphatic rings. The third-order valence-corrected chi connectivity index (χ3v) is 3.50. The standard InChI is InChI=1S/C20H20O7/c1-13(2)19(23)27-12-20(24,25)11-26-15-8-9-16(17(21)10-15)18(22)14-6-4-3-5-7-14/h3-10,21,24-25H,1,11-12H2,2H3. The van der Waals surface area contributed by atoms with Crippen molar-refractivity contribution in [2.75, 3.05) is 13.2 Å². The fourth-order valence-corrected chi connectivity index (χ4v) is 2.08. The Balaban J connectivity index is 2.00. The normalized spacial score (nSPS) is 10.9. The van der Waals surface area contributed by atoms with Crippen LogP contribution in [0.4, 0.5) is 0 Å². The van der Waals surface area contributed by atoms with Crippen molar-refractivity contribution in [1.82, 2.24) is 0 Å². The molecule has 0 saturated carbocycles. The van der Waals surface area contributed by atoms with Crippen molar-refractivity contribution in [3.05, 3.63) is 71.8 Å². The number of carbonyl (C=O) groups excluding carboxylic acids is 2. The lowest BCUT2D eigenvalue weighted by atomic mass is 10.0. The number of benzene rings is 2. The molecule has 0 bridgehead atoms. The average molecular weight is 372 g/mol. The van der Waals surface area contributed by atoms with Gasteiger partial charge in [0.15, 0.2) is 5.78 Å². The van der Waals surface area contributed by atoms with Crippen molar-refractivity contribution in [3.8, 4) is 11.5 Å². The molecule has 0 radical (unpaired) electrons. The number of esters is 1. The van der Waals surface area contributed by atoms with E-state index in [-0.39, 0.29) is 28.4 Å². The third kappa shape index (κ3) is 5.67. The molecule has 0 heterocycles. The minimum Gasteiger partial charge on any atom is -0.507 e. The van der Waals surface area contributed by atoms with Crippen molar-refractivity contribution in [2.45, 2.75) is 12.7 Å². The van der Waals surface area contributed by atoms with Crippen LogP contribution in [-0.2, 0) is 9.53 Å². The smallest absolute Gasteiger partial charge is 0.333 e. The molecule has 7 nitrogen and oxygen atoms in total. The minimum absolute atomic E-state index is 0.0863. The number of aromatic hydroxyl groups is 1. The molecule has 3 N–H and O–H groups in total. The molecule has 7 heteroatoms. The van der Waals surface area contributed by atoms with Gasteiger partial charge in [-0.15, -0.1) is 0 Å². The highest BCUT2D eigenvalue weighted by Crippen LogP contribution is 2.26. The maximum Gasteiger partial charge on any atom is 0.333 e. The van der Waals surface area contributed by atoms with E-state index in [4.69, 9.17) is 4.74 Å². The van der Waals surface area contributed by atoms with Gasteiger partial charge in [-0.25, -0.2) is 4.79 Å². The van der Waals surface area contributed by atoms with Gasteiger partial charge in [0.25, 0.3) is 0 Å². The van der Waals surface area contributed by atoms with Gasteiger partial charge in [-0.1, -0.05) is 36.9 Å². The van der Waals surface area contributed by atoms with Crippen molar-refractivity contribution in [1.29, 1.82) is 0 Å². The number of ether oxygens (including phenoxy) is 2. The lowest BCUT2D eigenvalue weighted by Crippen LogP contribution is -2.41. The number of phenolic OH excluding ortho intramolecular Hbond substituents is 1. The van der Waals surface area contributed by atoms with E-state index in [1.807, 2.05) is 0 Å². The number of rotatable bonds is 8. The zero-order valence-corrected chi connectivity index (χ0v) is 14.7. The highest BCUT2D eigenvalue weighted by atomic mass is 16.6. The van der Waals surface area contributed by atoms with Gasteiger partial charge in [0.2, 0.25) is 5.79 Å². The first-order valence-corrected chi connectivity index (χ1v) is 8.02. The molecule has 0 atom stereocenters. The van der Waals surface area contributed by atoms with Crippen LogP contribution in [-0.4, -0.2) is 46.1 Å². The molecule has 0 spiro atoms. The summed E-state index contributed by atoms with van der Waals surface area (Å²) in [5.74, 6) is -3.75. The van der Waals surface area contributed by atoms with Crippen molar-refractivity contribution in [3.63, 3.8) is 0 Å². The first-order chi connectivity index (χ1) is 12.7. The average Bonchev–Trinajstić information content (AvgIpc) is 2.65. The van der Waals surface area contributed by atoms with Gasteiger partial charge in [-0.3, -0.25) is 4.79 Å². The Hall–Kier alpha value is -3.16. The second-order valence-electron chi connectivity index (χ2n) is 6.00. The fourth-order valence-electron chi connectivity index (χ4n) is 2.08. The van der Waals surface area contributed by atoms with Crippen molar-refractivity contribution in [2.24, 2.45) is 0 Å². The molecular formula is C20H20O7. The molecule has 2 rings (SSSR count). The Kier molecular flexibility index (Phi) is 6.33. The molecule has 0 saturated heterocycles. The molecule has 0 fully saturated rings. The van der Waals surface area contributed by atoms with E-state index in [1.54, 1.807) is 30.3 Å². The Bertz CT molecular complexity index is 841. The number of hydrogen-bond acceptors (Lipinski definition) is 7. The van der Waals surface area contributed by atoms with Crippen LogP contribution in [0, 0.1) is 0 Å². The highest BCUT2D eigenvalue weighted by molar-refractivity contribution is 6.10. The summed E-state index contributed by atoms with van der Waals surface area (Å²) in [6.45, 7) is 3.47. The van der Waals surface area contributed by atoms with Gasteiger partial charge in [-0.2, -0.15) is 0 Å². The van der Waals surface area contributed by atoms with Crippen LogP contribution in [0.1, 0.15) is 22.8 Å². The minimum atomic E-state index is -2.43. The van der Waals surface area contributed by atoms with Crippen LogP contribution in [0.15, 0.2) is 60.7 Å². The van der Waals surface area contributed by atoms with E-state index < -0.39 is 25.0 Å². The van der Waals surface area contributed by atoms with Gasteiger partial charge in [0, 0.05) is 17.2 Å². The highest BCUT2D eigenvalue weighted by Gasteiger charge is 2.27. The lowest BCUT2D eigenvalue weighted by molar-refractivity contribution is -0.213. The first kappa shape index (κ1) is 20.2. The molecule has 0 amide bonds. The molecule has 2 aromatic carbocycles. The number of aliphatic hydroxyl groups is 2. The summed E-state index contributed by atoms with van der Waals surface area (Å²) in [5.41, 5.74) is 0.629. The fraction of sp³-hybridized carbons (Fsp3) is 0.200. The van der Waals surface area contributed by atoms with Gasteiger partial charge in [0.05, 0.1) is 5.56 Å². The third-order valence-electron chi connectivity index (χ3n) is 3.50. The van der Waals surface area contributed by atoms with Crippen molar-refractivity contribution >= 4 is 11.8 Å². The van der Waals surface area contributed by atoms with Crippen LogP contribution >= 0.6 is 0 Å². The SMILES string of the molecule is C=C(C)C(=O)OCC(O)(O)COc1ccc(C(=O)c2ccccc2)c(O)c1. The largest absolute Gasteiger partial charge is 0.507 e. The van der Waals surface area contributed by atoms with Crippen LogP contribution in [0.3, 0.4) is 0 Å². The second kappa shape index (κ2) is 8.48. The molecule has 27 heavy (non-hydrogen) atoms. The summed E-state index contributed by atoms with van der Waals surface area (Å²) in [5, 5.41) is 29.6. The molecule has 0 unspecified atom stereocenters. The Morgan fingerprint density at radius 2 is 1.74 bits per heavy atom. The van der Waals surface area contributed by atoms with Crippen molar-refractivity contribution < 1.29 is 34.4 Å². The summed E-state index contributed by atoms with van der Waals surface area (Å²) in [7, 11) is 0. The van der Waals surface area contributed by atoms with Crippen LogP contribution in [0.25, 0.3) is 0 Å². The zero-order chi connectivity index (χ0) is 20.0. The Labute approximate surface area is 156 Å². The number of phenols is 1. The summed E-state index contributed by atoms with van der Waals surface area (Å²) in [6, 6.07) is 12.4. The van der Waals surface area contributed by atoms with E-state index in [0.717, 1.165) is 0 Å². The maximum absolute atomic E-state index is 12.4. The quantitative estimate of drug-likeness (QED) is 0.280. The lowest BCUT2D eigenvalue weighted by Gasteiger charge is -2.21. The zero-order valence-electron chi connectivity index (χ0n) is 14.7. The molecule has 0 aliphatic carbocycles. The summed E-state index contributed by atoms with van der Waals surface area (Å²) in [6.07, 6.45) is 0. The monoisotopic (exact) mass is 372 g/mol. The molecule has 142 valence electrons. The van der Waals surface area contributed by atoms with E-state index in [2.05, 4.69) is 11.3 Å². The van der Waals surface area contributed by atoms with E-state index >= 15 is 0 Å². The molecule has 0 aliphatic heterocycles. The van der Waals surface area contributed by atoms with Crippen LogP contribution < -0.4 is 4.74 Å². The molecular weight excluding hydrogens is 352 g/mol. The summed E-state index contributed by atoms with van der Waals surface area (Å²) in [4.78, 5) is 23.6. The summed E-state index contributed by atoms with van der Waals surface area (Å²) >= 11 is 0. The number of hydrogen-bond donors (Lipinski definition) is 3. The topological polar surface area (TPSA) is 113 Å². The predicted octanol–water partition coefficient (Wildman–Crippen LogP) is 1.80. The Morgan fingerprint density at radius 1 is 1.07 bits per heavy atom. The van der Waals surface area contributed by atoms with Gasteiger partial charge in [0.1, 0.15) is 24.7 Å². The van der Waals surface area contributed by atoms with Gasteiger partial charge >= 0.3 is 5.97 Å². The molecule has 2 aromatic rings. The van der Waals surface area contributed by atoms with Crippen LogP contribution in [0.5, 0.6) is 11.5 Å². The van der Waals surface area contributed by atoms with Crippen LogP contribution in [0.2, 0.25) is 0 Å². The number of carbonyl (C=O) groups is 2. The van der Waals surface area contributed by atoms with Gasteiger partial charge in [-0.05, 0) is 19.1 Å². The Morgan fingerprint density at radius 3 is 2.33 bits per heavy atom. The second-order valence-corrected chi connectivity index (χ2v) is 6.00. The van der Waals surface area contributed by atoms with Gasteiger partial charge < -0.3 is 24.8 Å².